The molecule has 134 valence electrons. The Bertz CT molecular complexity index is 996. The predicted molar refractivity (Wildman–Crippen MR) is 101 cm³/mol. The minimum absolute atomic E-state index is 0.180. The number of likely N-dealkylation sites (tertiary alicyclic amines) is 1. The van der Waals surface area contributed by atoms with E-state index < -0.39 is 12.0 Å². The first kappa shape index (κ1) is 16.0. The van der Waals surface area contributed by atoms with E-state index in [0.717, 1.165) is 22.4 Å². The van der Waals surface area contributed by atoms with Gasteiger partial charge >= 0.3 is 0 Å². The molecule has 0 aliphatic carbocycles. The van der Waals surface area contributed by atoms with Crippen LogP contribution >= 0.6 is 0 Å². The van der Waals surface area contributed by atoms with Gasteiger partial charge in [0, 0.05) is 7.05 Å². The van der Waals surface area contributed by atoms with Crippen LogP contribution in [0.25, 0.3) is 12.2 Å². The standard InChI is InChI=1S/C22H18N2O3/c1-23-21(25)18-19-17-10-6-5-9-15(17)13-16(24(19)27-20(18)22(23)26)12-11-14-7-3-2-4-8-14/h2-13,18-20H,1H3/b12-11+/t18-,19-,20+/m0/s1. The molecule has 5 heteroatoms. The van der Waals surface area contributed by atoms with E-state index in [4.69, 9.17) is 4.84 Å². The highest BCUT2D eigenvalue weighted by molar-refractivity contribution is 6.07. The Morgan fingerprint density at radius 2 is 1.67 bits per heavy atom. The van der Waals surface area contributed by atoms with Gasteiger partial charge in [0.15, 0.2) is 6.10 Å². The third-order valence-electron chi connectivity index (χ3n) is 5.45. The monoisotopic (exact) mass is 358 g/mol. The number of likely N-dealkylation sites (N-methyl/N-ethyl adjacent to an activating group) is 1. The molecule has 0 spiro atoms. The Balaban J connectivity index is 1.59. The normalized spacial score (nSPS) is 26.3. The lowest BCUT2D eigenvalue weighted by Gasteiger charge is -2.33. The fraction of sp³-hybridized carbons (Fsp3) is 0.182. The Labute approximate surface area is 157 Å². The van der Waals surface area contributed by atoms with Crippen molar-refractivity contribution < 1.29 is 14.4 Å². The number of hydrogen-bond donors (Lipinski definition) is 0. The van der Waals surface area contributed by atoms with Crippen molar-refractivity contribution in [3.63, 3.8) is 0 Å². The van der Waals surface area contributed by atoms with E-state index in [2.05, 4.69) is 0 Å². The number of amides is 2. The first-order valence-electron chi connectivity index (χ1n) is 8.96. The van der Waals surface area contributed by atoms with Crippen molar-refractivity contribution in [2.45, 2.75) is 12.1 Å². The smallest absolute Gasteiger partial charge is 0.261 e. The zero-order chi connectivity index (χ0) is 18.5. The number of rotatable bonds is 2. The summed E-state index contributed by atoms with van der Waals surface area (Å²) in [5, 5.41) is 1.74. The van der Waals surface area contributed by atoms with Gasteiger partial charge in [-0.25, -0.2) is 5.06 Å². The maximum absolute atomic E-state index is 12.7. The molecule has 2 saturated heterocycles. The topological polar surface area (TPSA) is 49.9 Å². The van der Waals surface area contributed by atoms with Crippen LogP contribution in [0.4, 0.5) is 0 Å². The second-order valence-corrected chi connectivity index (χ2v) is 7.00. The summed E-state index contributed by atoms with van der Waals surface area (Å²) in [5.74, 6) is -0.971. The first-order chi connectivity index (χ1) is 13.1. The molecule has 3 atom stereocenters. The van der Waals surface area contributed by atoms with Crippen LogP contribution < -0.4 is 0 Å². The van der Waals surface area contributed by atoms with Crippen LogP contribution in [0.1, 0.15) is 22.7 Å². The second-order valence-electron chi connectivity index (χ2n) is 7.00. The van der Waals surface area contributed by atoms with E-state index in [1.807, 2.05) is 72.8 Å². The van der Waals surface area contributed by atoms with Crippen molar-refractivity contribution in [2.24, 2.45) is 5.92 Å². The average Bonchev–Trinajstić information content (AvgIpc) is 3.20. The molecule has 5 nitrogen and oxygen atoms in total. The summed E-state index contributed by atoms with van der Waals surface area (Å²) in [6, 6.07) is 17.6. The number of fused-ring (bicyclic) bond motifs is 5. The zero-order valence-electron chi connectivity index (χ0n) is 14.8. The maximum Gasteiger partial charge on any atom is 0.261 e. The molecule has 3 aliphatic heterocycles. The van der Waals surface area contributed by atoms with E-state index in [-0.39, 0.29) is 17.9 Å². The van der Waals surface area contributed by atoms with E-state index in [1.165, 1.54) is 11.9 Å². The average molecular weight is 358 g/mol. The van der Waals surface area contributed by atoms with Gasteiger partial charge in [0.25, 0.3) is 5.91 Å². The molecule has 5 rings (SSSR count). The highest BCUT2D eigenvalue weighted by Gasteiger charge is 2.59. The Kier molecular flexibility index (Phi) is 3.52. The van der Waals surface area contributed by atoms with Crippen LogP contribution in [0.15, 0.2) is 66.4 Å². The molecule has 0 saturated carbocycles. The molecule has 0 aromatic heterocycles. The van der Waals surface area contributed by atoms with Gasteiger partial charge in [0.2, 0.25) is 5.91 Å². The van der Waals surface area contributed by atoms with Crippen molar-refractivity contribution >= 4 is 24.0 Å². The first-order valence-corrected chi connectivity index (χ1v) is 8.96. The zero-order valence-corrected chi connectivity index (χ0v) is 14.8. The van der Waals surface area contributed by atoms with Gasteiger partial charge in [-0.1, -0.05) is 60.7 Å². The number of hydroxylamine groups is 2. The SMILES string of the molecule is CN1C(=O)[C@@H]2[C@@H](ON3C(/C=C/c4ccccc4)=Cc4ccccc4[C@@H]23)C1=O. The number of allylic oxidation sites excluding steroid dienone is 1. The van der Waals surface area contributed by atoms with Gasteiger partial charge in [-0.05, 0) is 28.8 Å². The Hall–Kier alpha value is -3.18. The van der Waals surface area contributed by atoms with Crippen molar-refractivity contribution in [3.05, 3.63) is 83.1 Å². The summed E-state index contributed by atoms with van der Waals surface area (Å²) in [6.07, 6.45) is 5.25. The third kappa shape index (κ3) is 2.35. The van der Waals surface area contributed by atoms with Crippen LogP contribution in [-0.2, 0) is 14.4 Å². The fourth-order valence-corrected chi connectivity index (χ4v) is 4.09. The molecule has 2 fully saturated rings. The lowest BCUT2D eigenvalue weighted by molar-refractivity contribution is -0.164. The summed E-state index contributed by atoms with van der Waals surface area (Å²) < 4.78 is 0. The predicted octanol–water partition coefficient (Wildman–Crippen LogP) is 3.03. The number of imide groups is 1. The number of hydrogen-bond acceptors (Lipinski definition) is 4. The van der Waals surface area contributed by atoms with Crippen LogP contribution in [0.3, 0.4) is 0 Å². The molecular weight excluding hydrogens is 340 g/mol. The van der Waals surface area contributed by atoms with Gasteiger partial charge in [-0.2, -0.15) is 0 Å². The fourth-order valence-electron chi connectivity index (χ4n) is 4.09. The Morgan fingerprint density at radius 1 is 0.926 bits per heavy atom. The lowest BCUT2D eigenvalue weighted by Crippen LogP contribution is -2.35. The van der Waals surface area contributed by atoms with Crippen molar-refractivity contribution in [2.75, 3.05) is 7.05 Å². The van der Waals surface area contributed by atoms with Gasteiger partial charge in [0.05, 0.1) is 11.7 Å². The molecule has 0 N–H and O–H groups in total. The second kappa shape index (κ2) is 5.93. The van der Waals surface area contributed by atoms with Gasteiger partial charge < -0.3 is 0 Å². The quantitative estimate of drug-likeness (QED) is 0.775. The van der Waals surface area contributed by atoms with Crippen LogP contribution in [0.2, 0.25) is 0 Å². The van der Waals surface area contributed by atoms with E-state index in [9.17, 15) is 9.59 Å². The molecule has 3 heterocycles. The number of carbonyl (C=O) groups excluding carboxylic acids is 2. The molecule has 2 aromatic carbocycles. The number of carbonyl (C=O) groups is 2. The third-order valence-corrected chi connectivity index (χ3v) is 5.45. The Morgan fingerprint density at radius 3 is 2.48 bits per heavy atom. The largest absolute Gasteiger partial charge is 0.283 e. The molecule has 0 bridgehead atoms. The molecule has 0 radical (unpaired) electrons. The lowest BCUT2D eigenvalue weighted by atomic mass is 9.85. The molecule has 0 unspecified atom stereocenters. The highest BCUT2D eigenvalue weighted by Crippen LogP contribution is 2.49. The van der Waals surface area contributed by atoms with Crippen LogP contribution in [-0.4, -0.2) is 34.9 Å². The van der Waals surface area contributed by atoms with E-state index in [1.54, 1.807) is 5.06 Å². The number of benzene rings is 2. The molecule has 2 amide bonds. The molecular formula is C22H18N2O3. The number of nitrogens with zero attached hydrogens (tertiary/aromatic N) is 2. The summed E-state index contributed by atoms with van der Waals surface area (Å²) >= 11 is 0. The molecule has 27 heavy (non-hydrogen) atoms. The molecule has 3 aliphatic rings. The van der Waals surface area contributed by atoms with Crippen molar-refractivity contribution in [1.82, 2.24) is 9.96 Å². The summed E-state index contributed by atoms with van der Waals surface area (Å²) in [7, 11) is 1.53. The van der Waals surface area contributed by atoms with Crippen molar-refractivity contribution in [1.29, 1.82) is 0 Å². The molecule has 2 aromatic rings. The minimum atomic E-state index is -0.757. The summed E-state index contributed by atoms with van der Waals surface area (Å²) in [4.78, 5) is 32.4. The maximum atomic E-state index is 12.7. The summed E-state index contributed by atoms with van der Waals surface area (Å²) in [5.41, 5.74) is 3.96. The van der Waals surface area contributed by atoms with E-state index >= 15 is 0 Å². The van der Waals surface area contributed by atoms with Crippen molar-refractivity contribution in [3.8, 4) is 0 Å². The highest BCUT2D eigenvalue weighted by atomic mass is 16.7. The van der Waals surface area contributed by atoms with Crippen LogP contribution in [0, 0.1) is 5.92 Å². The van der Waals surface area contributed by atoms with Gasteiger partial charge in [0.1, 0.15) is 5.92 Å². The minimum Gasteiger partial charge on any atom is -0.283 e. The van der Waals surface area contributed by atoms with Gasteiger partial charge in [-0.3, -0.25) is 19.3 Å². The van der Waals surface area contributed by atoms with Gasteiger partial charge in [-0.15, -0.1) is 0 Å². The van der Waals surface area contributed by atoms with Crippen LogP contribution in [0.5, 0.6) is 0 Å². The summed E-state index contributed by atoms with van der Waals surface area (Å²) in [6.45, 7) is 0. The van der Waals surface area contributed by atoms with E-state index in [0.29, 0.717) is 0 Å².